The Hall–Kier alpha value is -0.930. The van der Waals surface area contributed by atoms with Crippen molar-refractivity contribution in [1.82, 2.24) is 5.32 Å². The summed E-state index contributed by atoms with van der Waals surface area (Å²) >= 11 is 0. The second kappa shape index (κ2) is 7.61. The number of hydrogen-bond donors (Lipinski definition) is 1. The SMILES string of the molecule is CCOC(C(C)C)C(Cc1cc(F)ccc1C)NC. The van der Waals surface area contributed by atoms with Crippen LogP contribution in [0.2, 0.25) is 0 Å². The van der Waals surface area contributed by atoms with Crippen molar-refractivity contribution in [1.29, 1.82) is 0 Å². The number of aryl methyl sites for hydroxylation is 1. The van der Waals surface area contributed by atoms with Gasteiger partial charge < -0.3 is 10.1 Å². The average Bonchev–Trinajstić information content (AvgIpc) is 2.37. The van der Waals surface area contributed by atoms with Crippen molar-refractivity contribution in [2.45, 2.75) is 46.3 Å². The summed E-state index contributed by atoms with van der Waals surface area (Å²) in [6.45, 7) is 9.04. The molecule has 1 aromatic rings. The summed E-state index contributed by atoms with van der Waals surface area (Å²) in [5, 5.41) is 3.32. The van der Waals surface area contributed by atoms with Gasteiger partial charge in [0.2, 0.25) is 0 Å². The smallest absolute Gasteiger partial charge is 0.123 e. The van der Waals surface area contributed by atoms with Gasteiger partial charge in [0.25, 0.3) is 0 Å². The lowest BCUT2D eigenvalue weighted by Gasteiger charge is -2.30. The van der Waals surface area contributed by atoms with Crippen LogP contribution in [0.4, 0.5) is 4.39 Å². The molecule has 0 bridgehead atoms. The fraction of sp³-hybridized carbons (Fsp3) is 0.625. The first-order valence-corrected chi connectivity index (χ1v) is 7.03. The highest BCUT2D eigenvalue weighted by Gasteiger charge is 2.24. The second-order valence-electron chi connectivity index (χ2n) is 5.33. The second-order valence-corrected chi connectivity index (χ2v) is 5.33. The van der Waals surface area contributed by atoms with Gasteiger partial charge in [0.1, 0.15) is 5.82 Å². The van der Waals surface area contributed by atoms with Gasteiger partial charge in [-0.3, -0.25) is 0 Å². The first kappa shape index (κ1) is 16.1. The molecule has 0 aromatic heterocycles. The third-order valence-electron chi connectivity index (χ3n) is 3.53. The Morgan fingerprint density at radius 1 is 1.32 bits per heavy atom. The highest BCUT2D eigenvalue weighted by molar-refractivity contribution is 5.27. The predicted molar refractivity (Wildman–Crippen MR) is 77.9 cm³/mol. The van der Waals surface area contributed by atoms with Gasteiger partial charge in [-0.15, -0.1) is 0 Å². The maximum absolute atomic E-state index is 13.4. The van der Waals surface area contributed by atoms with Crippen LogP contribution in [0, 0.1) is 18.7 Å². The maximum atomic E-state index is 13.4. The van der Waals surface area contributed by atoms with Gasteiger partial charge in [0.05, 0.1) is 6.10 Å². The summed E-state index contributed by atoms with van der Waals surface area (Å²) in [5.41, 5.74) is 2.17. The molecule has 2 unspecified atom stereocenters. The molecule has 2 atom stereocenters. The largest absolute Gasteiger partial charge is 0.377 e. The van der Waals surface area contributed by atoms with E-state index < -0.39 is 0 Å². The van der Waals surface area contributed by atoms with Gasteiger partial charge in [-0.25, -0.2) is 4.39 Å². The number of ether oxygens (including phenoxy) is 1. The van der Waals surface area contributed by atoms with E-state index >= 15 is 0 Å². The van der Waals surface area contributed by atoms with Crippen molar-refractivity contribution in [2.75, 3.05) is 13.7 Å². The van der Waals surface area contributed by atoms with E-state index in [2.05, 4.69) is 19.2 Å². The first-order valence-electron chi connectivity index (χ1n) is 7.03. The number of hydrogen-bond acceptors (Lipinski definition) is 2. The Morgan fingerprint density at radius 2 is 2.00 bits per heavy atom. The van der Waals surface area contributed by atoms with Gasteiger partial charge in [-0.1, -0.05) is 19.9 Å². The minimum Gasteiger partial charge on any atom is -0.377 e. The molecule has 0 aliphatic carbocycles. The van der Waals surface area contributed by atoms with E-state index in [1.165, 1.54) is 6.07 Å². The van der Waals surface area contributed by atoms with Gasteiger partial charge >= 0.3 is 0 Å². The third kappa shape index (κ3) is 4.59. The summed E-state index contributed by atoms with van der Waals surface area (Å²) in [7, 11) is 1.94. The fourth-order valence-electron chi connectivity index (χ4n) is 2.45. The Bertz CT molecular complexity index is 392. The van der Waals surface area contributed by atoms with Crippen LogP contribution in [0.25, 0.3) is 0 Å². The van der Waals surface area contributed by atoms with Crippen LogP contribution in [-0.4, -0.2) is 25.8 Å². The first-order chi connectivity index (χ1) is 8.99. The number of likely N-dealkylation sites (N-methyl/N-ethyl adjacent to an activating group) is 1. The van der Waals surface area contributed by atoms with Crippen LogP contribution >= 0.6 is 0 Å². The number of halogens is 1. The van der Waals surface area contributed by atoms with Gasteiger partial charge in [-0.2, -0.15) is 0 Å². The molecule has 1 aromatic carbocycles. The Morgan fingerprint density at radius 3 is 2.53 bits per heavy atom. The van der Waals surface area contributed by atoms with Gasteiger partial charge in [0.15, 0.2) is 0 Å². The average molecular weight is 267 g/mol. The summed E-state index contributed by atoms with van der Waals surface area (Å²) in [4.78, 5) is 0. The molecule has 0 amide bonds. The summed E-state index contributed by atoms with van der Waals surface area (Å²) in [5.74, 6) is 0.249. The maximum Gasteiger partial charge on any atom is 0.123 e. The lowest BCUT2D eigenvalue weighted by molar-refractivity contribution is 0.00531. The normalized spacial score (nSPS) is 14.7. The van der Waals surface area contributed by atoms with Gasteiger partial charge in [0, 0.05) is 12.6 Å². The molecule has 0 aliphatic rings. The number of benzene rings is 1. The summed E-state index contributed by atoms with van der Waals surface area (Å²) < 4.78 is 19.2. The number of nitrogens with one attached hydrogen (secondary N) is 1. The van der Waals surface area contributed by atoms with E-state index in [1.54, 1.807) is 6.07 Å². The topological polar surface area (TPSA) is 21.3 Å². The minimum absolute atomic E-state index is 0.137. The molecule has 0 saturated carbocycles. The Kier molecular flexibility index (Phi) is 6.46. The summed E-state index contributed by atoms with van der Waals surface area (Å²) in [6, 6.07) is 5.17. The van der Waals surface area contributed by atoms with Crippen LogP contribution < -0.4 is 5.32 Å². The molecule has 0 aliphatic heterocycles. The zero-order chi connectivity index (χ0) is 14.4. The standard InChI is InChI=1S/C16H26FNO/c1-6-19-16(11(2)3)15(18-5)10-13-9-14(17)8-7-12(13)4/h7-9,11,15-16,18H,6,10H2,1-5H3. The van der Waals surface area contributed by atoms with Crippen molar-refractivity contribution in [2.24, 2.45) is 5.92 Å². The molecule has 2 nitrogen and oxygen atoms in total. The fourth-order valence-corrected chi connectivity index (χ4v) is 2.45. The molecule has 0 heterocycles. The quantitative estimate of drug-likeness (QED) is 0.818. The minimum atomic E-state index is -0.173. The van der Waals surface area contributed by atoms with Crippen LogP contribution in [0.5, 0.6) is 0 Å². The molecule has 108 valence electrons. The summed E-state index contributed by atoms with van der Waals surface area (Å²) in [6.07, 6.45) is 0.917. The van der Waals surface area contributed by atoms with Crippen molar-refractivity contribution >= 4 is 0 Å². The molecular formula is C16H26FNO. The van der Waals surface area contributed by atoms with E-state index in [4.69, 9.17) is 4.74 Å². The monoisotopic (exact) mass is 267 g/mol. The van der Waals surface area contributed by atoms with Crippen LogP contribution in [-0.2, 0) is 11.2 Å². The van der Waals surface area contributed by atoms with Crippen LogP contribution in [0.1, 0.15) is 31.9 Å². The van der Waals surface area contributed by atoms with Crippen molar-refractivity contribution in [3.05, 3.63) is 35.1 Å². The van der Waals surface area contributed by atoms with Crippen LogP contribution in [0.15, 0.2) is 18.2 Å². The number of rotatable bonds is 7. The molecular weight excluding hydrogens is 241 g/mol. The molecule has 1 rings (SSSR count). The van der Waals surface area contributed by atoms with Crippen molar-refractivity contribution in [3.8, 4) is 0 Å². The molecule has 0 radical (unpaired) electrons. The molecule has 19 heavy (non-hydrogen) atoms. The zero-order valence-electron chi connectivity index (χ0n) is 12.7. The predicted octanol–water partition coefficient (Wildman–Crippen LogP) is 3.33. The van der Waals surface area contributed by atoms with E-state index in [-0.39, 0.29) is 18.0 Å². The van der Waals surface area contributed by atoms with E-state index in [9.17, 15) is 4.39 Å². The highest BCUT2D eigenvalue weighted by atomic mass is 19.1. The van der Waals surface area contributed by atoms with E-state index in [0.717, 1.165) is 17.5 Å². The van der Waals surface area contributed by atoms with Crippen molar-refractivity contribution < 1.29 is 9.13 Å². The molecule has 0 fully saturated rings. The molecule has 0 saturated heterocycles. The lowest BCUT2D eigenvalue weighted by atomic mass is 9.92. The van der Waals surface area contributed by atoms with Gasteiger partial charge in [-0.05, 0) is 56.5 Å². The van der Waals surface area contributed by atoms with Crippen LogP contribution in [0.3, 0.4) is 0 Å². The van der Waals surface area contributed by atoms with Crippen molar-refractivity contribution in [3.63, 3.8) is 0 Å². The lowest BCUT2D eigenvalue weighted by Crippen LogP contribution is -2.44. The Balaban J connectivity index is 2.88. The zero-order valence-corrected chi connectivity index (χ0v) is 12.7. The highest BCUT2D eigenvalue weighted by Crippen LogP contribution is 2.18. The van der Waals surface area contributed by atoms with E-state index in [1.807, 2.05) is 27.0 Å². The Labute approximate surface area is 116 Å². The van der Waals surface area contributed by atoms with E-state index in [0.29, 0.717) is 12.5 Å². The molecule has 1 N–H and O–H groups in total. The molecule has 3 heteroatoms. The molecule has 0 spiro atoms. The third-order valence-corrected chi connectivity index (χ3v) is 3.53.